The van der Waals surface area contributed by atoms with Gasteiger partial charge >= 0.3 is 6.16 Å². The minimum absolute atomic E-state index is 0.259. The molecule has 0 aromatic rings. The maximum Gasteiger partial charge on any atom is 0.508 e. The van der Waals surface area contributed by atoms with Gasteiger partial charge in [0.15, 0.2) is 0 Å². The van der Waals surface area contributed by atoms with Crippen LogP contribution in [-0.4, -0.2) is 19.4 Å². The van der Waals surface area contributed by atoms with Crippen LogP contribution in [0.2, 0.25) is 0 Å². The fourth-order valence-electron chi connectivity index (χ4n) is 0.518. The number of carbonyl (C=O) groups is 1. The number of halogens is 3. The Kier molecular flexibility index (Phi) is 9.82. The summed E-state index contributed by atoms with van der Waals surface area (Å²) in [5.41, 5.74) is 0. The summed E-state index contributed by atoms with van der Waals surface area (Å²) in [4.78, 5) is 11.0. The summed E-state index contributed by atoms with van der Waals surface area (Å²) in [7, 11) is 0. The Morgan fingerprint density at radius 1 is 1.36 bits per heavy atom. The van der Waals surface area contributed by atoms with Crippen molar-refractivity contribution in [1.29, 1.82) is 0 Å². The number of unbranched alkanes of at least 4 members (excludes halogenated alkanes) is 1. The molecule has 0 saturated heterocycles. The van der Waals surface area contributed by atoms with Crippen molar-refractivity contribution in [2.24, 2.45) is 0 Å². The van der Waals surface area contributed by atoms with Crippen LogP contribution in [-0.2, 0) is 9.47 Å². The van der Waals surface area contributed by atoms with Crippen LogP contribution in [0.4, 0.5) is 4.79 Å². The second-order valence-corrected chi connectivity index (χ2v) is 7.06. The molecule has 6 heteroatoms. The highest BCUT2D eigenvalue weighted by molar-refractivity contribution is 14.1. The minimum Gasteiger partial charge on any atom is -0.434 e. The third-order valence-electron chi connectivity index (χ3n) is 1.24. The van der Waals surface area contributed by atoms with Crippen LogP contribution in [0, 0.1) is 0 Å². The first-order valence-electron chi connectivity index (χ1n) is 4.07. The van der Waals surface area contributed by atoms with Gasteiger partial charge in [-0.1, -0.05) is 13.3 Å². The van der Waals surface area contributed by atoms with Crippen molar-refractivity contribution in [3.8, 4) is 0 Å². The van der Waals surface area contributed by atoms with Gasteiger partial charge in [-0.25, -0.2) is 4.79 Å². The van der Waals surface area contributed by atoms with E-state index in [-0.39, 0.29) is 6.61 Å². The van der Waals surface area contributed by atoms with E-state index < -0.39 is 6.16 Å². The molecule has 0 bridgehead atoms. The molecule has 0 aliphatic carbocycles. The number of hydrogen-bond donors (Lipinski definition) is 0. The summed E-state index contributed by atoms with van der Waals surface area (Å²) in [6.45, 7) is 2.73. The Morgan fingerprint density at radius 2 is 2.00 bits per heavy atom. The molecular weight excluding hydrogens is 478 g/mol. The summed E-state index contributed by atoms with van der Waals surface area (Å²) >= 11 is 7.49. The smallest absolute Gasteiger partial charge is 0.434 e. The van der Waals surface area contributed by atoms with Crippen LogP contribution >= 0.6 is 61.1 Å². The highest BCUT2D eigenvalue weighted by Crippen LogP contribution is 2.24. The van der Waals surface area contributed by atoms with E-state index >= 15 is 0 Å². The van der Waals surface area contributed by atoms with Crippen LogP contribution in [0.25, 0.3) is 0 Å². The zero-order valence-electron chi connectivity index (χ0n) is 7.69. The van der Waals surface area contributed by atoms with E-state index in [1.165, 1.54) is 0 Å². The van der Waals surface area contributed by atoms with Crippen LogP contribution in [0.15, 0.2) is 6.07 Å². The standard InChI is InChI=1S/C8H11BrI2O3/c1-2-3-4-13-8(12)14-5-6(10)7(9)11/h2-5H2,1H3. The normalized spacial score (nSPS) is 12.0. The zero-order chi connectivity index (χ0) is 11.0. The molecule has 0 rings (SSSR count). The fourth-order valence-corrected chi connectivity index (χ4v) is 0.944. The van der Waals surface area contributed by atoms with Crippen molar-refractivity contribution in [2.75, 3.05) is 13.2 Å². The average molecular weight is 489 g/mol. The van der Waals surface area contributed by atoms with Gasteiger partial charge in [-0.3, -0.25) is 0 Å². The van der Waals surface area contributed by atoms with E-state index in [0.717, 1.165) is 18.9 Å². The molecule has 82 valence electrons. The Labute approximate surface area is 119 Å². The molecule has 0 atom stereocenters. The van der Waals surface area contributed by atoms with Gasteiger partial charge < -0.3 is 9.47 Å². The quantitative estimate of drug-likeness (QED) is 0.327. The topological polar surface area (TPSA) is 35.5 Å². The van der Waals surface area contributed by atoms with Crippen molar-refractivity contribution in [1.82, 2.24) is 0 Å². The number of rotatable bonds is 5. The minimum atomic E-state index is -0.599. The van der Waals surface area contributed by atoms with Crippen molar-refractivity contribution in [3.63, 3.8) is 0 Å². The average Bonchev–Trinajstić information content (AvgIpc) is 2.14. The lowest BCUT2D eigenvalue weighted by Gasteiger charge is -2.05. The van der Waals surface area contributed by atoms with E-state index in [1.807, 2.05) is 6.92 Å². The van der Waals surface area contributed by atoms with Crippen molar-refractivity contribution in [2.45, 2.75) is 19.8 Å². The number of ether oxygens (including phenoxy) is 2. The molecule has 0 radical (unpaired) electrons. The molecule has 0 unspecified atom stereocenters. The molecule has 0 amide bonds. The molecule has 0 aromatic carbocycles. The van der Waals surface area contributed by atoms with Crippen LogP contribution < -0.4 is 0 Å². The molecule has 0 aromatic heterocycles. The molecule has 0 saturated carbocycles. The Hall–Kier alpha value is 0.950. The van der Waals surface area contributed by atoms with Crippen LogP contribution in [0.5, 0.6) is 0 Å². The van der Waals surface area contributed by atoms with Crippen LogP contribution in [0.3, 0.4) is 0 Å². The lowest BCUT2D eigenvalue weighted by atomic mass is 10.4. The third-order valence-corrected chi connectivity index (χ3v) is 4.99. The summed E-state index contributed by atoms with van der Waals surface area (Å²) in [6, 6.07) is 0. The molecule has 0 aliphatic rings. The first kappa shape index (κ1) is 14.9. The molecule has 0 fully saturated rings. The molecule has 3 nitrogen and oxygen atoms in total. The number of carbonyl (C=O) groups excluding carboxylic acids is 1. The lowest BCUT2D eigenvalue weighted by Crippen LogP contribution is -2.09. The van der Waals surface area contributed by atoms with E-state index in [0.29, 0.717) is 6.61 Å². The summed E-state index contributed by atoms with van der Waals surface area (Å²) in [6.07, 6.45) is 1.28. The first-order chi connectivity index (χ1) is 6.57. The van der Waals surface area contributed by atoms with E-state index in [2.05, 4.69) is 61.1 Å². The van der Waals surface area contributed by atoms with Gasteiger partial charge in [0.05, 0.1) is 9.10 Å². The highest BCUT2D eigenvalue weighted by Gasteiger charge is 2.05. The third kappa shape index (κ3) is 8.27. The van der Waals surface area contributed by atoms with Gasteiger partial charge in [0, 0.05) is 3.58 Å². The Morgan fingerprint density at radius 3 is 2.50 bits per heavy atom. The lowest BCUT2D eigenvalue weighted by molar-refractivity contribution is 0.0621. The second-order valence-electron chi connectivity index (χ2n) is 2.41. The van der Waals surface area contributed by atoms with Crippen molar-refractivity contribution in [3.05, 3.63) is 6.07 Å². The van der Waals surface area contributed by atoms with Gasteiger partial charge in [-0.2, -0.15) is 0 Å². The maximum atomic E-state index is 11.0. The Balaban J connectivity index is 3.59. The van der Waals surface area contributed by atoms with Gasteiger partial charge in [-0.15, -0.1) is 0 Å². The van der Waals surface area contributed by atoms with E-state index in [4.69, 9.17) is 9.47 Å². The van der Waals surface area contributed by atoms with Gasteiger partial charge in [0.1, 0.15) is 6.61 Å². The number of hydrogen-bond acceptors (Lipinski definition) is 3. The highest BCUT2D eigenvalue weighted by atomic mass is 127. The van der Waals surface area contributed by atoms with Crippen LogP contribution in [0.1, 0.15) is 19.8 Å². The fraction of sp³-hybridized carbons (Fsp3) is 0.625. The molecule has 0 heterocycles. The van der Waals surface area contributed by atoms with E-state index in [9.17, 15) is 4.79 Å². The Bertz CT molecular complexity index is 215. The molecule has 0 N–H and O–H groups in total. The van der Waals surface area contributed by atoms with E-state index in [1.54, 1.807) is 0 Å². The van der Waals surface area contributed by atoms with Gasteiger partial charge in [0.25, 0.3) is 0 Å². The summed E-state index contributed by atoms with van der Waals surface area (Å²) in [5, 5.41) is 0. The van der Waals surface area contributed by atoms with Gasteiger partial charge in [-0.05, 0) is 67.5 Å². The van der Waals surface area contributed by atoms with Gasteiger partial charge in [0.2, 0.25) is 0 Å². The summed E-state index contributed by atoms with van der Waals surface area (Å²) < 4.78 is 11.5. The predicted octanol–water partition coefficient (Wildman–Crippen LogP) is 4.37. The molecule has 0 spiro atoms. The second kappa shape index (κ2) is 9.20. The van der Waals surface area contributed by atoms with Crippen molar-refractivity contribution < 1.29 is 14.3 Å². The maximum absolute atomic E-state index is 11.0. The molecule has 14 heavy (non-hydrogen) atoms. The monoisotopic (exact) mass is 488 g/mol. The predicted molar refractivity (Wildman–Crippen MR) is 76.2 cm³/mol. The summed E-state index contributed by atoms with van der Waals surface area (Å²) in [5.74, 6) is 0. The molecule has 0 aliphatic heterocycles. The zero-order valence-corrected chi connectivity index (χ0v) is 13.6. The largest absolute Gasteiger partial charge is 0.508 e. The first-order valence-corrected chi connectivity index (χ1v) is 7.02. The molecular formula is C8H11BrI2O3. The van der Waals surface area contributed by atoms with Crippen molar-refractivity contribution >= 4 is 67.3 Å². The SMILES string of the molecule is CCCCOC(=O)OCC(I)=C(Br)I.